The van der Waals surface area contributed by atoms with E-state index in [9.17, 15) is 14.7 Å². The number of nitrogens with one attached hydrogen (secondary N) is 2. The van der Waals surface area contributed by atoms with Crippen molar-refractivity contribution < 1.29 is 14.7 Å². The number of anilines is 1. The van der Waals surface area contributed by atoms with Gasteiger partial charge in [-0.2, -0.15) is 0 Å². The summed E-state index contributed by atoms with van der Waals surface area (Å²) in [5.74, 6) is -0.0577. The average Bonchev–Trinajstić information content (AvgIpc) is 3.32. The third-order valence-electron chi connectivity index (χ3n) is 5.96. The monoisotopic (exact) mass is 550 g/mol. The van der Waals surface area contributed by atoms with Gasteiger partial charge in [-0.1, -0.05) is 22.9 Å². The van der Waals surface area contributed by atoms with Gasteiger partial charge in [-0.25, -0.2) is 9.78 Å². The molecule has 1 unspecified atom stereocenters. The van der Waals surface area contributed by atoms with Crippen LogP contribution in [0.15, 0.2) is 22.7 Å². The lowest BCUT2D eigenvalue weighted by atomic mass is 9.98. The van der Waals surface area contributed by atoms with Gasteiger partial charge in [0.1, 0.15) is 10.0 Å². The van der Waals surface area contributed by atoms with Gasteiger partial charge in [0.2, 0.25) is 5.91 Å². The molecule has 1 aromatic carbocycles. The normalized spacial score (nSPS) is 16.6. The molecule has 0 bridgehead atoms. The SMILES string of the molecule is CC[C@H](C)NCCC(=O)Nc1sc2c(c1-c1nc3cc(Br)ccc3s1)CC(C)N(C(=O)O)C2. The lowest BCUT2D eigenvalue weighted by molar-refractivity contribution is -0.116. The van der Waals surface area contributed by atoms with Gasteiger partial charge in [0.05, 0.1) is 16.8 Å². The van der Waals surface area contributed by atoms with E-state index in [2.05, 4.69) is 40.4 Å². The molecular weight excluding hydrogens is 524 g/mol. The van der Waals surface area contributed by atoms with Crippen LogP contribution in [-0.4, -0.2) is 45.6 Å². The summed E-state index contributed by atoms with van der Waals surface area (Å²) >= 11 is 6.57. The van der Waals surface area contributed by atoms with Gasteiger partial charge >= 0.3 is 6.09 Å². The number of nitrogens with zero attached hydrogens (tertiary/aromatic N) is 2. The number of carboxylic acid groups (broad SMARTS) is 1. The van der Waals surface area contributed by atoms with Gasteiger partial charge in [-0.3, -0.25) is 4.79 Å². The zero-order valence-corrected chi connectivity index (χ0v) is 22.0. The molecule has 3 N–H and O–H groups in total. The average molecular weight is 552 g/mol. The van der Waals surface area contributed by atoms with Crippen molar-refractivity contribution in [3.63, 3.8) is 0 Å². The molecule has 0 radical (unpaired) electrons. The summed E-state index contributed by atoms with van der Waals surface area (Å²) < 4.78 is 2.03. The maximum Gasteiger partial charge on any atom is 0.407 e. The first-order chi connectivity index (χ1) is 15.8. The van der Waals surface area contributed by atoms with Crippen LogP contribution >= 0.6 is 38.6 Å². The Hall–Kier alpha value is -2.01. The van der Waals surface area contributed by atoms with Crippen LogP contribution in [0, 0.1) is 0 Å². The number of carbonyl (C=O) groups excluding carboxylic acids is 1. The van der Waals surface area contributed by atoms with E-state index in [0.29, 0.717) is 32.0 Å². The fourth-order valence-corrected chi connectivity index (χ4v) is 6.60. The molecule has 0 aliphatic carbocycles. The molecule has 3 heterocycles. The summed E-state index contributed by atoms with van der Waals surface area (Å²) in [6.07, 6.45) is 1.06. The Morgan fingerprint density at radius 3 is 2.88 bits per heavy atom. The Balaban J connectivity index is 1.68. The summed E-state index contributed by atoms with van der Waals surface area (Å²) in [6, 6.07) is 6.24. The molecule has 3 aromatic rings. The van der Waals surface area contributed by atoms with E-state index in [1.807, 2.05) is 25.1 Å². The molecule has 0 saturated heterocycles. The highest BCUT2D eigenvalue weighted by Crippen LogP contribution is 2.46. The molecule has 1 aliphatic rings. The quantitative estimate of drug-likeness (QED) is 0.339. The van der Waals surface area contributed by atoms with Gasteiger partial charge in [0.15, 0.2) is 0 Å². The summed E-state index contributed by atoms with van der Waals surface area (Å²) in [5, 5.41) is 17.7. The third-order valence-corrected chi connectivity index (χ3v) is 8.63. The summed E-state index contributed by atoms with van der Waals surface area (Å²) in [4.78, 5) is 31.8. The maximum absolute atomic E-state index is 12.8. The number of thiophene rings is 1. The van der Waals surface area contributed by atoms with E-state index in [4.69, 9.17) is 4.98 Å². The minimum Gasteiger partial charge on any atom is -0.465 e. The molecule has 10 heteroatoms. The highest BCUT2D eigenvalue weighted by atomic mass is 79.9. The number of fused-ring (bicyclic) bond motifs is 2. The number of benzene rings is 1. The zero-order chi connectivity index (χ0) is 23.7. The molecule has 2 atom stereocenters. The van der Waals surface area contributed by atoms with Crippen molar-refractivity contribution in [3.8, 4) is 10.6 Å². The van der Waals surface area contributed by atoms with Crippen LogP contribution in [0.25, 0.3) is 20.8 Å². The minimum atomic E-state index is -0.922. The molecule has 0 spiro atoms. The molecule has 33 heavy (non-hydrogen) atoms. The second-order valence-corrected chi connectivity index (χ2v) is 11.4. The van der Waals surface area contributed by atoms with E-state index >= 15 is 0 Å². The molecule has 1 aliphatic heterocycles. The second-order valence-electron chi connectivity index (χ2n) is 8.36. The first-order valence-electron chi connectivity index (χ1n) is 11.0. The van der Waals surface area contributed by atoms with E-state index < -0.39 is 6.09 Å². The standard InChI is InChI=1S/C23H27BrN4O3S2/c1-4-12(2)25-8-7-19(29)27-22-20(21-26-16-10-14(24)5-6-17(16)32-21)15-9-13(3)28(23(30)31)11-18(15)33-22/h5-6,10,12-13,25H,4,7-9,11H2,1-3H3,(H,27,29)(H,30,31)/t12-,13?/m0/s1. The Morgan fingerprint density at radius 2 is 2.15 bits per heavy atom. The van der Waals surface area contributed by atoms with Crippen LogP contribution in [-0.2, 0) is 17.8 Å². The first kappa shape index (κ1) is 24.1. The van der Waals surface area contributed by atoms with Crippen LogP contribution in [0.3, 0.4) is 0 Å². The van der Waals surface area contributed by atoms with Crippen molar-refractivity contribution in [2.45, 2.75) is 58.7 Å². The number of thiazole rings is 1. The molecule has 4 rings (SSSR count). The van der Waals surface area contributed by atoms with E-state index in [0.717, 1.165) is 47.1 Å². The fraction of sp³-hybridized carbons (Fsp3) is 0.435. The number of hydrogen-bond donors (Lipinski definition) is 3. The Bertz CT molecular complexity index is 1190. The van der Waals surface area contributed by atoms with Crippen molar-refractivity contribution in [3.05, 3.63) is 33.1 Å². The molecule has 2 aromatic heterocycles. The lowest BCUT2D eigenvalue weighted by Crippen LogP contribution is -2.41. The molecule has 176 valence electrons. The largest absolute Gasteiger partial charge is 0.465 e. The summed E-state index contributed by atoms with van der Waals surface area (Å²) in [6.45, 7) is 7.07. The van der Waals surface area contributed by atoms with Crippen molar-refractivity contribution in [1.29, 1.82) is 0 Å². The highest BCUT2D eigenvalue weighted by molar-refractivity contribution is 9.10. The number of carbonyl (C=O) groups is 2. The van der Waals surface area contributed by atoms with E-state index in [1.165, 1.54) is 16.2 Å². The van der Waals surface area contributed by atoms with Crippen molar-refractivity contribution in [2.24, 2.45) is 0 Å². The smallest absolute Gasteiger partial charge is 0.407 e. The molecule has 0 saturated carbocycles. The van der Waals surface area contributed by atoms with Crippen LogP contribution in [0.5, 0.6) is 0 Å². The highest BCUT2D eigenvalue weighted by Gasteiger charge is 2.33. The number of rotatable bonds is 7. The predicted molar refractivity (Wildman–Crippen MR) is 138 cm³/mol. The van der Waals surface area contributed by atoms with Crippen LogP contribution in [0.4, 0.5) is 9.80 Å². The van der Waals surface area contributed by atoms with Gasteiger partial charge in [-0.05, 0) is 50.5 Å². The summed E-state index contributed by atoms with van der Waals surface area (Å²) in [5.41, 5.74) is 2.93. The lowest BCUT2D eigenvalue weighted by Gasteiger charge is -2.31. The number of halogens is 1. The fourth-order valence-electron chi connectivity index (χ4n) is 3.92. The van der Waals surface area contributed by atoms with Crippen molar-refractivity contribution >= 4 is 65.8 Å². The predicted octanol–water partition coefficient (Wildman–Crippen LogP) is 5.93. The Morgan fingerprint density at radius 1 is 1.36 bits per heavy atom. The minimum absolute atomic E-state index is 0.0577. The second kappa shape index (κ2) is 10.1. The molecule has 0 fully saturated rings. The molecule has 2 amide bonds. The topological polar surface area (TPSA) is 94.6 Å². The molecule has 7 nitrogen and oxygen atoms in total. The summed E-state index contributed by atoms with van der Waals surface area (Å²) in [7, 11) is 0. The van der Waals surface area contributed by atoms with E-state index in [-0.39, 0.29) is 11.9 Å². The number of hydrogen-bond acceptors (Lipinski definition) is 6. The Labute approximate surface area is 209 Å². The van der Waals surface area contributed by atoms with Crippen LogP contribution < -0.4 is 10.6 Å². The Kier molecular flexibility index (Phi) is 7.37. The maximum atomic E-state index is 12.8. The van der Waals surface area contributed by atoms with Gasteiger partial charge < -0.3 is 20.6 Å². The number of amides is 2. The van der Waals surface area contributed by atoms with Crippen molar-refractivity contribution in [1.82, 2.24) is 15.2 Å². The number of aromatic nitrogens is 1. The zero-order valence-electron chi connectivity index (χ0n) is 18.8. The van der Waals surface area contributed by atoms with E-state index in [1.54, 1.807) is 11.3 Å². The van der Waals surface area contributed by atoms with Crippen molar-refractivity contribution in [2.75, 3.05) is 11.9 Å². The third kappa shape index (κ3) is 5.24. The van der Waals surface area contributed by atoms with Gasteiger partial charge in [0.25, 0.3) is 0 Å². The van der Waals surface area contributed by atoms with Gasteiger partial charge in [-0.15, -0.1) is 22.7 Å². The molecular formula is C23H27BrN4O3S2. The van der Waals surface area contributed by atoms with Crippen LogP contribution in [0.2, 0.25) is 0 Å². The first-order valence-corrected chi connectivity index (χ1v) is 13.4. The van der Waals surface area contributed by atoms with Crippen LogP contribution in [0.1, 0.15) is 44.1 Å². The van der Waals surface area contributed by atoms with Gasteiger partial charge in [0, 0.05) is 40.0 Å².